The molecule has 100 valence electrons. The second kappa shape index (κ2) is 5.44. The number of nitrogens with one attached hydrogen (secondary N) is 1. The lowest BCUT2D eigenvalue weighted by atomic mass is 9.95. The Morgan fingerprint density at radius 3 is 2.39 bits per heavy atom. The van der Waals surface area contributed by atoms with Gasteiger partial charge in [0.2, 0.25) is 0 Å². The van der Waals surface area contributed by atoms with Crippen LogP contribution in [-0.2, 0) is 0 Å². The number of hydrogen-bond donors (Lipinski definition) is 1. The molecule has 1 aliphatic carbocycles. The monoisotopic (exact) mass is 245 g/mol. The Kier molecular flexibility index (Phi) is 4.11. The summed E-state index contributed by atoms with van der Waals surface area (Å²) in [6.45, 7) is 11.3. The van der Waals surface area contributed by atoms with Crippen LogP contribution in [0.5, 0.6) is 0 Å². The van der Waals surface area contributed by atoms with Gasteiger partial charge in [-0.1, -0.05) is 31.0 Å². The molecule has 0 amide bonds. The normalized spacial score (nSPS) is 24.1. The maximum atomic E-state index is 3.81. The minimum Gasteiger partial charge on any atom is -0.307 e. The van der Waals surface area contributed by atoms with Crippen LogP contribution in [0, 0.1) is 26.7 Å². The van der Waals surface area contributed by atoms with E-state index in [-0.39, 0.29) is 0 Å². The smallest absolute Gasteiger partial charge is 0.0299 e. The van der Waals surface area contributed by atoms with Gasteiger partial charge in [0.15, 0.2) is 0 Å². The largest absolute Gasteiger partial charge is 0.307 e. The zero-order valence-electron chi connectivity index (χ0n) is 12.5. The minimum atomic E-state index is 0.484. The Balaban J connectivity index is 2.03. The van der Waals surface area contributed by atoms with Gasteiger partial charge in [0.25, 0.3) is 0 Å². The Bertz CT molecular complexity index is 399. The molecule has 2 rings (SSSR count). The first kappa shape index (κ1) is 13.6. The number of hydrogen-bond acceptors (Lipinski definition) is 1. The first-order valence-electron chi connectivity index (χ1n) is 7.36. The van der Waals surface area contributed by atoms with Crippen LogP contribution in [0.25, 0.3) is 0 Å². The van der Waals surface area contributed by atoms with E-state index in [2.05, 4.69) is 52.1 Å². The van der Waals surface area contributed by atoms with Gasteiger partial charge in [-0.2, -0.15) is 0 Å². The van der Waals surface area contributed by atoms with E-state index >= 15 is 0 Å². The molecule has 0 saturated heterocycles. The molecule has 0 spiro atoms. The van der Waals surface area contributed by atoms with Gasteiger partial charge in [-0.3, -0.25) is 0 Å². The topological polar surface area (TPSA) is 12.0 Å². The average molecular weight is 245 g/mol. The molecule has 1 N–H and O–H groups in total. The highest BCUT2D eigenvalue weighted by Crippen LogP contribution is 2.37. The molecule has 1 aromatic rings. The highest BCUT2D eigenvalue weighted by Gasteiger charge is 2.36. The molecule has 1 aliphatic rings. The summed E-state index contributed by atoms with van der Waals surface area (Å²) >= 11 is 0. The van der Waals surface area contributed by atoms with E-state index in [4.69, 9.17) is 0 Å². The molecule has 0 bridgehead atoms. The first-order chi connectivity index (χ1) is 8.52. The third-order valence-corrected chi connectivity index (χ3v) is 4.22. The predicted octanol–water partition coefficient (Wildman–Crippen LogP) is 4.45. The van der Waals surface area contributed by atoms with Gasteiger partial charge in [0.05, 0.1) is 0 Å². The molecule has 1 aromatic carbocycles. The van der Waals surface area contributed by atoms with Gasteiger partial charge in [0, 0.05) is 12.1 Å². The lowest BCUT2D eigenvalue weighted by Crippen LogP contribution is -2.23. The van der Waals surface area contributed by atoms with Crippen molar-refractivity contribution in [2.45, 2.75) is 66.0 Å². The summed E-state index contributed by atoms with van der Waals surface area (Å²) < 4.78 is 0. The van der Waals surface area contributed by atoms with Crippen molar-refractivity contribution in [2.75, 3.05) is 0 Å². The fourth-order valence-electron chi connectivity index (χ4n) is 3.42. The summed E-state index contributed by atoms with van der Waals surface area (Å²) in [6.07, 6.45) is 4.08. The first-order valence-corrected chi connectivity index (χ1v) is 7.36. The Morgan fingerprint density at radius 1 is 1.22 bits per heavy atom. The Morgan fingerprint density at radius 2 is 1.83 bits per heavy atom. The standard InChI is InChI=1S/C17H27N/c1-6-7-15-10-16(15)18-14(5)17-12(3)8-11(2)9-13(17)4/h8-9,14-16,18H,6-7,10H2,1-5H3. The van der Waals surface area contributed by atoms with Crippen molar-refractivity contribution in [3.05, 3.63) is 34.4 Å². The van der Waals surface area contributed by atoms with Gasteiger partial charge < -0.3 is 5.32 Å². The van der Waals surface area contributed by atoms with E-state index in [1.807, 2.05) is 0 Å². The zero-order chi connectivity index (χ0) is 13.3. The van der Waals surface area contributed by atoms with Crippen molar-refractivity contribution in [3.63, 3.8) is 0 Å². The second-order valence-electron chi connectivity index (χ2n) is 6.09. The van der Waals surface area contributed by atoms with E-state index in [0.717, 1.165) is 12.0 Å². The number of benzene rings is 1. The van der Waals surface area contributed by atoms with Crippen molar-refractivity contribution >= 4 is 0 Å². The highest BCUT2D eigenvalue weighted by atomic mass is 15.0. The molecular weight excluding hydrogens is 218 g/mol. The van der Waals surface area contributed by atoms with Gasteiger partial charge in [0.1, 0.15) is 0 Å². The maximum absolute atomic E-state index is 3.81. The van der Waals surface area contributed by atoms with Gasteiger partial charge >= 0.3 is 0 Å². The van der Waals surface area contributed by atoms with Crippen molar-refractivity contribution in [1.29, 1.82) is 0 Å². The van der Waals surface area contributed by atoms with Crippen LogP contribution in [0.15, 0.2) is 12.1 Å². The molecule has 3 atom stereocenters. The van der Waals surface area contributed by atoms with Crippen LogP contribution in [0.3, 0.4) is 0 Å². The van der Waals surface area contributed by atoms with Crippen LogP contribution in [0.4, 0.5) is 0 Å². The zero-order valence-corrected chi connectivity index (χ0v) is 12.5. The number of aryl methyl sites for hydroxylation is 3. The van der Waals surface area contributed by atoms with Crippen LogP contribution in [0.1, 0.15) is 61.4 Å². The Labute approximate surface area is 112 Å². The van der Waals surface area contributed by atoms with Crippen molar-refractivity contribution in [2.24, 2.45) is 5.92 Å². The van der Waals surface area contributed by atoms with Crippen molar-refractivity contribution in [1.82, 2.24) is 5.32 Å². The van der Waals surface area contributed by atoms with E-state index in [0.29, 0.717) is 6.04 Å². The molecule has 0 aromatic heterocycles. The molecule has 0 aliphatic heterocycles. The molecule has 1 fully saturated rings. The minimum absolute atomic E-state index is 0.484. The van der Waals surface area contributed by atoms with E-state index in [1.54, 1.807) is 0 Å². The number of rotatable bonds is 5. The molecule has 1 heteroatoms. The van der Waals surface area contributed by atoms with Crippen LogP contribution in [-0.4, -0.2) is 6.04 Å². The molecule has 1 saturated carbocycles. The van der Waals surface area contributed by atoms with Crippen molar-refractivity contribution in [3.8, 4) is 0 Å². The van der Waals surface area contributed by atoms with E-state index in [1.165, 1.54) is 41.5 Å². The third kappa shape index (κ3) is 2.95. The lowest BCUT2D eigenvalue weighted by Gasteiger charge is -2.20. The quantitative estimate of drug-likeness (QED) is 0.808. The SMILES string of the molecule is CCCC1CC1NC(C)c1c(C)cc(C)cc1C. The molecule has 18 heavy (non-hydrogen) atoms. The van der Waals surface area contributed by atoms with Gasteiger partial charge in [-0.15, -0.1) is 0 Å². The molecule has 1 nitrogen and oxygen atoms in total. The second-order valence-corrected chi connectivity index (χ2v) is 6.09. The average Bonchev–Trinajstić information content (AvgIpc) is 2.94. The van der Waals surface area contributed by atoms with Crippen molar-refractivity contribution < 1.29 is 0 Å². The Hall–Kier alpha value is -0.820. The van der Waals surface area contributed by atoms with E-state index < -0.39 is 0 Å². The van der Waals surface area contributed by atoms with Crippen LogP contribution in [0.2, 0.25) is 0 Å². The van der Waals surface area contributed by atoms with Crippen LogP contribution < -0.4 is 5.32 Å². The van der Waals surface area contributed by atoms with Crippen LogP contribution >= 0.6 is 0 Å². The predicted molar refractivity (Wildman–Crippen MR) is 79.0 cm³/mol. The summed E-state index contributed by atoms with van der Waals surface area (Å²) in [6, 6.07) is 5.85. The lowest BCUT2D eigenvalue weighted by molar-refractivity contribution is 0.527. The summed E-state index contributed by atoms with van der Waals surface area (Å²) in [5, 5.41) is 3.81. The molecule has 0 radical (unpaired) electrons. The fourth-order valence-corrected chi connectivity index (χ4v) is 3.42. The summed E-state index contributed by atoms with van der Waals surface area (Å²) in [5.74, 6) is 0.934. The molecule has 3 unspecified atom stereocenters. The van der Waals surface area contributed by atoms with Gasteiger partial charge in [-0.25, -0.2) is 0 Å². The third-order valence-electron chi connectivity index (χ3n) is 4.22. The summed E-state index contributed by atoms with van der Waals surface area (Å²) in [7, 11) is 0. The summed E-state index contributed by atoms with van der Waals surface area (Å²) in [4.78, 5) is 0. The molecular formula is C17H27N. The summed E-state index contributed by atoms with van der Waals surface area (Å²) in [5.41, 5.74) is 5.74. The highest BCUT2D eigenvalue weighted by molar-refractivity contribution is 5.39. The molecule has 0 heterocycles. The van der Waals surface area contributed by atoms with E-state index in [9.17, 15) is 0 Å². The maximum Gasteiger partial charge on any atom is 0.0299 e. The fraction of sp³-hybridized carbons (Fsp3) is 0.647. The van der Waals surface area contributed by atoms with Gasteiger partial charge in [-0.05, 0) is 63.1 Å².